The maximum atomic E-state index is 11.9. The standard InChI is InChI=1S/C14H14ClN3O3S/c1-8-9(15)3-2-4-10(8)16-11(19)5-6-22-14-17-12(20)7-13(21)18-14/h2-4,7H,5-6H2,1H3,(H,16,19)(H2,17,18,20,21). The summed E-state index contributed by atoms with van der Waals surface area (Å²) in [5.74, 6) is -0.0942. The average Bonchev–Trinajstić information content (AvgIpc) is 2.43. The van der Waals surface area contributed by atoms with Crippen molar-refractivity contribution in [2.45, 2.75) is 18.5 Å². The van der Waals surface area contributed by atoms with E-state index in [-0.39, 0.29) is 23.4 Å². The molecule has 116 valence electrons. The van der Waals surface area contributed by atoms with E-state index < -0.39 is 5.56 Å². The molecule has 1 amide bonds. The molecule has 0 aliphatic rings. The molecule has 0 spiro atoms. The molecule has 2 aromatic rings. The molecule has 0 fully saturated rings. The van der Waals surface area contributed by atoms with Crippen molar-refractivity contribution in [3.8, 4) is 5.88 Å². The van der Waals surface area contributed by atoms with Gasteiger partial charge in [0.15, 0.2) is 5.16 Å². The molecule has 0 atom stereocenters. The molecule has 1 heterocycles. The third-order valence-corrected chi connectivity index (χ3v) is 4.10. The van der Waals surface area contributed by atoms with Gasteiger partial charge in [-0.3, -0.25) is 9.59 Å². The van der Waals surface area contributed by atoms with Crippen LogP contribution < -0.4 is 10.9 Å². The summed E-state index contributed by atoms with van der Waals surface area (Å²) < 4.78 is 0. The number of amides is 1. The van der Waals surface area contributed by atoms with E-state index in [0.717, 1.165) is 11.6 Å². The van der Waals surface area contributed by atoms with E-state index in [0.29, 0.717) is 16.5 Å². The van der Waals surface area contributed by atoms with Crippen molar-refractivity contribution in [2.75, 3.05) is 11.1 Å². The van der Waals surface area contributed by atoms with Gasteiger partial charge in [-0.2, -0.15) is 4.98 Å². The second kappa shape index (κ2) is 7.33. The van der Waals surface area contributed by atoms with Crippen molar-refractivity contribution in [3.05, 3.63) is 45.2 Å². The number of nitrogens with one attached hydrogen (secondary N) is 2. The zero-order valence-corrected chi connectivity index (χ0v) is 13.3. The first-order valence-corrected chi connectivity index (χ1v) is 7.80. The van der Waals surface area contributed by atoms with Crippen LogP contribution in [-0.2, 0) is 4.79 Å². The van der Waals surface area contributed by atoms with E-state index in [1.54, 1.807) is 18.2 Å². The van der Waals surface area contributed by atoms with Gasteiger partial charge < -0.3 is 15.4 Å². The Morgan fingerprint density at radius 1 is 1.50 bits per heavy atom. The van der Waals surface area contributed by atoms with Crippen LogP contribution in [0.25, 0.3) is 0 Å². The third kappa shape index (κ3) is 4.51. The number of aromatic nitrogens is 2. The van der Waals surface area contributed by atoms with E-state index in [2.05, 4.69) is 15.3 Å². The monoisotopic (exact) mass is 339 g/mol. The average molecular weight is 340 g/mol. The lowest BCUT2D eigenvalue weighted by Crippen LogP contribution is -2.13. The van der Waals surface area contributed by atoms with E-state index in [4.69, 9.17) is 11.6 Å². The summed E-state index contributed by atoms with van der Waals surface area (Å²) >= 11 is 7.17. The first-order valence-electron chi connectivity index (χ1n) is 6.44. The van der Waals surface area contributed by atoms with Crippen molar-refractivity contribution < 1.29 is 9.90 Å². The summed E-state index contributed by atoms with van der Waals surface area (Å²) in [6, 6.07) is 6.28. The SMILES string of the molecule is Cc1c(Cl)cccc1NC(=O)CCSc1nc(O)cc(=O)[nH]1. The van der Waals surface area contributed by atoms with Gasteiger partial charge in [0.2, 0.25) is 11.8 Å². The summed E-state index contributed by atoms with van der Waals surface area (Å²) in [6.07, 6.45) is 0.232. The van der Waals surface area contributed by atoms with Gasteiger partial charge in [-0.05, 0) is 24.6 Å². The first-order chi connectivity index (χ1) is 10.5. The second-order valence-electron chi connectivity index (χ2n) is 4.47. The largest absolute Gasteiger partial charge is 0.493 e. The Kier molecular flexibility index (Phi) is 5.46. The van der Waals surface area contributed by atoms with Crippen molar-refractivity contribution in [1.29, 1.82) is 0 Å². The minimum absolute atomic E-state index is 0.166. The van der Waals surface area contributed by atoms with Crippen LogP contribution in [0, 0.1) is 6.92 Å². The lowest BCUT2D eigenvalue weighted by molar-refractivity contribution is -0.115. The van der Waals surface area contributed by atoms with E-state index in [1.807, 2.05) is 6.92 Å². The number of aromatic amines is 1. The Hall–Kier alpha value is -1.99. The van der Waals surface area contributed by atoms with Gasteiger partial charge in [0.25, 0.3) is 5.56 Å². The number of thioether (sulfide) groups is 1. The molecular formula is C14H14ClN3O3S. The fourth-order valence-electron chi connectivity index (χ4n) is 1.69. The van der Waals surface area contributed by atoms with Crippen molar-refractivity contribution in [3.63, 3.8) is 0 Å². The molecule has 2 rings (SSSR count). The summed E-state index contributed by atoms with van der Waals surface area (Å²) in [5.41, 5.74) is 1.05. The molecule has 0 unspecified atom stereocenters. The molecular weight excluding hydrogens is 326 g/mol. The number of anilines is 1. The highest BCUT2D eigenvalue weighted by atomic mass is 35.5. The molecule has 0 bridgehead atoms. The van der Waals surface area contributed by atoms with Gasteiger partial charge in [-0.25, -0.2) is 0 Å². The van der Waals surface area contributed by atoms with Gasteiger partial charge in [0.05, 0.1) is 6.07 Å². The van der Waals surface area contributed by atoms with Gasteiger partial charge in [0.1, 0.15) is 0 Å². The lowest BCUT2D eigenvalue weighted by atomic mass is 10.2. The molecule has 0 saturated carbocycles. The highest BCUT2D eigenvalue weighted by Crippen LogP contribution is 2.23. The molecule has 0 aliphatic carbocycles. The molecule has 3 N–H and O–H groups in total. The highest BCUT2D eigenvalue weighted by molar-refractivity contribution is 7.99. The Labute approximate surface area is 135 Å². The predicted molar refractivity (Wildman–Crippen MR) is 86.7 cm³/mol. The second-order valence-corrected chi connectivity index (χ2v) is 5.96. The van der Waals surface area contributed by atoms with Gasteiger partial charge in [0, 0.05) is 22.9 Å². The minimum Gasteiger partial charge on any atom is -0.493 e. The number of halogens is 1. The number of aromatic hydroxyl groups is 1. The molecule has 8 heteroatoms. The van der Waals surface area contributed by atoms with Crippen molar-refractivity contribution >= 4 is 35.0 Å². The number of nitrogens with zero attached hydrogens (tertiary/aromatic N) is 1. The minimum atomic E-state index is -0.436. The van der Waals surface area contributed by atoms with Crippen LogP contribution in [0.5, 0.6) is 5.88 Å². The Morgan fingerprint density at radius 2 is 2.27 bits per heavy atom. The fraction of sp³-hybridized carbons (Fsp3) is 0.214. The molecule has 0 radical (unpaired) electrons. The van der Waals surface area contributed by atoms with E-state index >= 15 is 0 Å². The molecule has 6 nitrogen and oxygen atoms in total. The summed E-state index contributed by atoms with van der Waals surface area (Å²) in [4.78, 5) is 29.3. The Balaban J connectivity index is 1.88. The zero-order chi connectivity index (χ0) is 16.1. The number of benzene rings is 1. The smallest absolute Gasteiger partial charge is 0.255 e. The fourth-order valence-corrected chi connectivity index (χ4v) is 2.67. The number of carbonyl (C=O) groups is 1. The third-order valence-electron chi connectivity index (χ3n) is 2.82. The molecule has 1 aromatic heterocycles. The zero-order valence-electron chi connectivity index (χ0n) is 11.7. The maximum Gasteiger partial charge on any atom is 0.255 e. The molecule has 0 aliphatic heterocycles. The van der Waals surface area contributed by atoms with E-state index in [1.165, 1.54) is 11.8 Å². The predicted octanol–water partition coefficient (Wildman–Crippen LogP) is 2.56. The van der Waals surface area contributed by atoms with Crippen LogP contribution in [0.4, 0.5) is 5.69 Å². The topological polar surface area (TPSA) is 95.1 Å². The maximum absolute atomic E-state index is 11.9. The van der Waals surface area contributed by atoms with E-state index in [9.17, 15) is 14.7 Å². The number of hydrogen-bond donors (Lipinski definition) is 3. The van der Waals surface area contributed by atoms with Crippen LogP contribution >= 0.6 is 23.4 Å². The molecule has 22 heavy (non-hydrogen) atoms. The number of H-pyrrole nitrogens is 1. The van der Waals surface area contributed by atoms with Crippen LogP contribution in [0.2, 0.25) is 5.02 Å². The Bertz CT molecular complexity index is 748. The molecule has 0 saturated heterocycles. The number of carbonyl (C=O) groups excluding carboxylic acids is 1. The Morgan fingerprint density at radius 3 is 3.00 bits per heavy atom. The quantitative estimate of drug-likeness (QED) is 0.575. The number of hydrogen-bond acceptors (Lipinski definition) is 5. The lowest BCUT2D eigenvalue weighted by Gasteiger charge is -2.09. The summed E-state index contributed by atoms with van der Waals surface area (Å²) in [7, 11) is 0. The van der Waals surface area contributed by atoms with Gasteiger partial charge in [-0.1, -0.05) is 29.4 Å². The summed E-state index contributed by atoms with van der Waals surface area (Å²) in [5, 5.41) is 12.9. The van der Waals surface area contributed by atoms with Crippen molar-refractivity contribution in [2.24, 2.45) is 0 Å². The normalized spacial score (nSPS) is 10.5. The van der Waals surface area contributed by atoms with Gasteiger partial charge >= 0.3 is 0 Å². The highest BCUT2D eigenvalue weighted by Gasteiger charge is 2.08. The van der Waals surface area contributed by atoms with Crippen LogP contribution in [0.1, 0.15) is 12.0 Å². The van der Waals surface area contributed by atoms with Crippen LogP contribution in [0.15, 0.2) is 34.2 Å². The first kappa shape index (κ1) is 16.4. The van der Waals surface area contributed by atoms with Gasteiger partial charge in [-0.15, -0.1) is 0 Å². The van der Waals surface area contributed by atoms with Crippen LogP contribution in [-0.4, -0.2) is 26.7 Å². The summed E-state index contributed by atoms with van der Waals surface area (Å²) in [6.45, 7) is 1.83. The van der Waals surface area contributed by atoms with Crippen molar-refractivity contribution in [1.82, 2.24) is 9.97 Å². The molecule has 1 aromatic carbocycles. The van der Waals surface area contributed by atoms with Crippen LogP contribution in [0.3, 0.4) is 0 Å². The number of rotatable bonds is 5.